The van der Waals surface area contributed by atoms with Crippen LogP contribution in [0.25, 0.3) is 11.0 Å². The lowest BCUT2D eigenvalue weighted by molar-refractivity contribution is -0.137. The molecule has 0 aliphatic carbocycles. The third-order valence-electron chi connectivity index (χ3n) is 3.15. The van der Waals surface area contributed by atoms with Crippen LogP contribution in [0.5, 0.6) is 0 Å². The fraction of sp³-hybridized carbons (Fsp3) is 0.0667. The van der Waals surface area contributed by atoms with Crippen LogP contribution in [0, 0.1) is 0 Å². The first-order chi connectivity index (χ1) is 10.4. The van der Waals surface area contributed by atoms with Crippen LogP contribution in [0.1, 0.15) is 15.9 Å². The van der Waals surface area contributed by atoms with Gasteiger partial charge in [0.1, 0.15) is 6.33 Å². The molecule has 22 heavy (non-hydrogen) atoms. The predicted molar refractivity (Wildman–Crippen MR) is 74.9 cm³/mol. The van der Waals surface area contributed by atoms with Gasteiger partial charge in [0.25, 0.3) is 5.91 Å². The molecule has 2 aromatic carbocycles. The van der Waals surface area contributed by atoms with Crippen LogP contribution in [0.3, 0.4) is 0 Å². The van der Waals surface area contributed by atoms with E-state index < -0.39 is 17.6 Å². The Bertz CT molecular complexity index is 822. The Hall–Kier alpha value is -2.83. The lowest BCUT2D eigenvalue weighted by atomic mass is 10.1. The van der Waals surface area contributed by atoms with Crippen LogP contribution in [0.4, 0.5) is 13.2 Å². The molecule has 3 aromatic rings. The smallest absolute Gasteiger partial charge is 0.267 e. The van der Waals surface area contributed by atoms with E-state index in [1.54, 1.807) is 18.2 Å². The first kappa shape index (κ1) is 14.1. The summed E-state index contributed by atoms with van der Waals surface area (Å²) in [5, 5.41) is 0. The van der Waals surface area contributed by atoms with Gasteiger partial charge in [0.05, 0.1) is 16.6 Å². The van der Waals surface area contributed by atoms with E-state index >= 15 is 0 Å². The third-order valence-corrected chi connectivity index (χ3v) is 3.15. The van der Waals surface area contributed by atoms with Gasteiger partial charge in [0.15, 0.2) is 0 Å². The van der Waals surface area contributed by atoms with Gasteiger partial charge in [0, 0.05) is 5.56 Å². The largest absolute Gasteiger partial charge is 0.416 e. The number of hydrogen-bond donors (Lipinski definition) is 1. The molecule has 0 aliphatic rings. The molecule has 0 bridgehead atoms. The molecule has 112 valence electrons. The topological polar surface area (TPSA) is 46.9 Å². The van der Waals surface area contributed by atoms with Crippen LogP contribution in [0.2, 0.25) is 0 Å². The highest BCUT2D eigenvalue weighted by Gasteiger charge is 2.30. The van der Waals surface area contributed by atoms with Gasteiger partial charge in [0.2, 0.25) is 0 Å². The molecule has 1 amide bonds. The van der Waals surface area contributed by atoms with Gasteiger partial charge in [-0.2, -0.15) is 13.2 Å². The van der Waals surface area contributed by atoms with Gasteiger partial charge in [-0.05, 0) is 36.4 Å². The zero-order chi connectivity index (χ0) is 15.7. The van der Waals surface area contributed by atoms with E-state index in [1.165, 1.54) is 11.0 Å². The van der Waals surface area contributed by atoms with Crippen molar-refractivity contribution in [2.75, 3.05) is 5.43 Å². The fourth-order valence-electron chi connectivity index (χ4n) is 2.03. The minimum Gasteiger partial charge on any atom is -0.267 e. The van der Waals surface area contributed by atoms with Crippen LogP contribution in [-0.4, -0.2) is 15.6 Å². The van der Waals surface area contributed by atoms with Crippen LogP contribution >= 0.6 is 0 Å². The number of amides is 1. The summed E-state index contributed by atoms with van der Waals surface area (Å²) in [6.07, 6.45) is -2.98. The summed E-state index contributed by atoms with van der Waals surface area (Å²) in [7, 11) is 0. The number of rotatable bonds is 2. The molecule has 0 spiro atoms. The summed E-state index contributed by atoms with van der Waals surface area (Å²) in [4.78, 5) is 16.2. The maximum atomic E-state index is 12.5. The summed E-state index contributed by atoms with van der Waals surface area (Å²) in [6, 6.07) is 11.2. The van der Waals surface area contributed by atoms with Gasteiger partial charge in [-0.3, -0.25) is 10.2 Å². The highest BCUT2D eigenvalue weighted by atomic mass is 19.4. The highest BCUT2D eigenvalue weighted by Crippen LogP contribution is 2.29. The molecule has 0 unspecified atom stereocenters. The van der Waals surface area contributed by atoms with E-state index in [9.17, 15) is 18.0 Å². The number of halogens is 3. The molecule has 0 atom stereocenters. The molecule has 1 N–H and O–H groups in total. The molecule has 3 rings (SSSR count). The van der Waals surface area contributed by atoms with Crippen molar-refractivity contribution < 1.29 is 18.0 Å². The molecule has 0 fully saturated rings. The number of imidazole rings is 1. The lowest BCUT2D eigenvalue weighted by Gasteiger charge is -2.09. The van der Waals surface area contributed by atoms with Gasteiger partial charge >= 0.3 is 6.18 Å². The maximum absolute atomic E-state index is 12.5. The standard InChI is InChI=1S/C15H10F3N3O/c16-15(17,18)11-7-5-10(6-8-11)14(22)20-21-9-19-12-3-1-2-4-13(12)21/h1-9H,(H,20,22). The van der Waals surface area contributed by atoms with Gasteiger partial charge in [-0.25, -0.2) is 9.66 Å². The van der Waals surface area contributed by atoms with Crippen molar-refractivity contribution >= 4 is 16.9 Å². The Kier molecular flexibility index (Phi) is 3.32. The fourth-order valence-corrected chi connectivity index (χ4v) is 2.03. The SMILES string of the molecule is O=C(Nn1cnc2ccccc21)c1ccc(C(F)(F)F)cc1. The number of fused-ring (bicyclic) bond motifs is 1. The summed E-state index contributed by atoms with van der Waals surface area (Å²) >= 11 is 0. The van der Waals surface area contributed by atoms with E-state index in [0.29, 0.717) is 11.0 Å². The molecule has 0 saturated carbocycles. The number of nitrogens with one attached hydrogen (secondary N) is 1. The Morgan fingerprint density at radius 2 is 1.73 bits per heavy atom. The van der Waals surface area contributed by atoms with Crippen molar-refractivity contribution in [1.82, 2.24) is 9.66 Å². The minimum atomic E-state index is -4.42. The summed E-state index contributed by atoms with van der Waals surface area (Å²) < 4.78 is 38.9. The Morgan fingerprint density at radius 1 is 1.05 bits per heavy atom. The predicted octanol–water partition coefficient (Wildman–Crippen LogP) is 3.44. The van der Waals surface area contributed by atoms with Crippen molar-refractivity contribution in [2.45, 2.75) is 6.18 Å². The second-order valence-electron chi connectivity index (χ2n) is 4.62. The van der Waals surface area contributed by atoms with Crippen LogP contribution < -0.4 is 5.43 Å². The molecular formula is C15H10F3N3O. The van der Waals surface area contributed by atoms with Crippen molar-refractivity contribution in [3.8, 4) is 0 Å². The number of para-hydroxylation sites is 2. The molecule has 4 nitrogen and oxygen atoms in total. The highest BCUT2D eigenvalue weighted by molar-refractivity contribution is 6.00. The minimum absolute atomic E-state index is 0.130. The first-order valence-electron chi connectivity index (χ1n) is 6.36. The Morgan fingerprint density at radius 3 is 2.41 bits per heavy atom. The number of carbonyl (C=O) groups is 1. The second-order valence-corrected chi connectivity index (χ2v) is 4.62. The zero-order valence-corrected chi connectivity index (χ0v) is 11.1. The maximum Gasteiger partial charge on any atom is 0.416 e. The number of nitrogens with zero attached hydrogens (tertiary/aromatic N) is 2. The van der Waals surface area contributed by atoms with Gasteiger partial charge < -0.3 is 0 Å². The Balaban J connectivity index is 1.83. The van der Waals surface area contributed by atoms with Crippen molar-refractivity contribution in [1.29, 1.82) is 0 Å². The molecule has 1 heterocycles. The first-order valence-corrected chi connectivity index (χ1v) is 6.36. The average molecular weight is 305 g/mol. The average Bonchev–Trinajstić information content (AvgIpc) is 2.90. The monoisotopic (exact) mass is 305 g/mol. The van der Waals surface area contributed by atoms with E-state index in [-0.39, 0.29) is 5.56 Å². The molecule has 1 aromatic heterocycles. The van der Waals surface area contributed by atoms with Crippen LogP contribution in [0.15, 0.2) is 54.9 Å². The van der Waals surface area contributed by atoms with E-state index in [0.717, 1.165) is 24.3 Å². The van der Waals surface area contributed by atoms with E-state index in [4.69, 9.17) is 0 Å². The molecule has 0 radical (unpaired) electrons. The summed E-state index contributed by atoms with van der Waals surface area (Å²) in [5.41, 5.74) is 3.31. The number of benzene rings is 2. The second kappa shape index (κ2) is 5.18. The summed E-state index contributed by atoms with van der Waals surface area (Å²) in [5.74, 6) is -0.517. The normalized spacial score (nSPS) is 11.6. The zero-order valence-electron chi connectivity index (χ0n) is 11.1. The van der Waals surface area contributed by atoms with Crippen molar-refractivity contribution in [3.63, 3.8) is 0 Å². The van der Waals surface area contributed by atoms with Crippen LogP contribution in [-0.2, 0) is 6.18 Å². The van der Waals surface area contributed by atoms with Crippen molar-refractivity contribution in [2.24, 2.45) is 0 Å². The molecular weight excluding hydrogens is 295 g/mol. The van der Waals surface area contributed by atoms with Crippen molar-refractivity contribution in [3.05, 3.63) is 66.0 Å². The number of aromatic nitrogens is 2. The van der Waals surface area contributed by atoms with E-state index in [1.807, 2.05) is 6.07 Å². The van der Waals surface area contributed by atoms with E-state index in [2.05, 4.69) is 10.4 Å². The summed E-state index contributed by atoms with van der Waals surface area (Å²) in [6.45, 7) is 0. The third kappa shape index (κ3) is 2.65. The molecule has 7 heteroatoms. The lowest BCUT2D eigenvalue weighted by Crippen LogP contribution is -2.22. The molecule has 0 aliphatic heterocycles. The number of alkyl halides is 3. The quantitative estimate of drug-likeness (QED) is 0.788. The number of hydrogen-bond acceptors (Lipinski definition) is 2. The Labute approximate surface area is 123 Å². The van der Waals surface area contributed by atoms with Gasteiger partial charge in [-0.15, -0.1) is 0 Å². The molecule has 0 saturated heterocycles. The number of carbonyl (C=O) groups excluding carboxylic acids is 1. The van der Waals surface area contributed by atoms with Gasteiger partial charge in [-0.1, -0.05) is 12.1 Å².